The molecule has 0 bridgehead atoms. The Morgan fingerprint density at radius 1 is 1.25 bits per heavy atom. The molecule has 28 heavy (non-hydrogen) atoms. The van der Waals surface area contributed by atoms with Gasteiger partial charge in [0, 0.05) is 11.8 Å². The summed E-state index contributed by atoms with van der Waals surface area (Å²) in [7, 11) is -3.99. The number of hydrogen-bond acceptors (Lipinski definition) is 7. The lowest BCUT2D eigenvalue weighted by molar-refractivity contribution is 0.108. The van der Waals surface area contributed by atoms with Gasteiger partial charge < -0.3 is 10.4 Å². The van der Waals surface area contributed by atoms with Crippen molar-refractivity contribution in [3.8, 4) is 0 Å². The zero-order chi connectivity index (χ0) is 20.1. The van der Waals surface area contributed by atoms with Crippen molar-refractivity contribution in [2.24, 2.45) is 17.0 Å². The van der Waals surface area contributed by atoms with Crippen molar-refractivity contribution < 1.29 is 17.7 Å². The molecule has 1 aromatic carbocycles. The van der Waals surface area contributed by atoms with Crippen molar-refractivity contribution in [1.29, 1.82) is 0 Å². The van der Waals surface area contributed by atoms with Gasteiger partial charge in [-0.3, -0.25) is 4.18 Å². The Morgan fingerprint density at radius 3 is 2.71 bits per heavy atom. The van der Waals surface area contributed by atoms with Gasteiger partial charge >= 0.3 is 10.3 Å². The van der Waals surface area contributed by atoms with Gasteiger partial charge in [-0.1, -0.05) is 37.3 Å². The van der Waals surface area contributed by atoms with Gasteiger partial charge in [0.1, 0.15) is 12.1 Å². The lowest BCUT2D eigenvalue weighted by Gasteiger charge is -2.19. The Morgan fingerprint density at radius 2 is 2.00 bits per heavy atom. The molecule has 1 aromatic heterocycles. The molecule has 4 N–H and O–H groups in total. The molecule has 2 aromatic rings. The van der Waals surface area contributed by atoms with E-state index in [1.54, 1.807) is 0 Å². The lowest BCUT2D eigenvalue weighted by atomic mass is 9.98. The van der Waals surface area contributed by atoms with Crippen LogP contribution >= 0.6 is 0 Å². The average Bonchev–Trinajstić information content (AvgIpc) is 2.93. The maximum atomic E-state index is 11.0. The summed E-state index contributed by atoms with van der Waals surface area (Å²) in [6.45, 7) is 1.83. The number of rotatable bonds is 8. The molecule has 0 spiro atoms. The molecule has 1 aliphatic carbocycles. The summed E-state index contributed by atoms with van der Waals surface area (Å²) in [6, 6.07) is 11.8. The van der Waals surface area contributed by atoms with E-state index in [0.717, 1.165) is 18.5 Å². The van der Waals surface area contributed by atoms with E-state index >= 15 is 0 Å². The number of aliphatic hydroxyl groups excluding tert-OH is 1. The van der Waals surface area contributed by atoms with E-state index in [9.17, 15) is 13.5 Å². The molecule has 3 rings (SSSR count). The maximum Gasteiger partial charge on any atom is 0.333 e. The van der Waals surface area contributed by atoms with Crippen LogP contribution in [0.2, 0.25) is 0 Å². The number of aryl methyl sites for hydroxylation is 2. The van der Waals surface area contributed by atoms with Crippen LogP contribution in [0.1, 0.15) is 24.6 Å². The number of nitrogens with two attached hydrogens (primary N) is 1. The summed E-state index contributed by atoms with van der Waals surface area (Å²) < 4.78 is 26.7. The molecule has 152 valence electrons. The van der Waals surface area contributed by atoms with Crippen molar-refractivity contribution in [3.05, 3.63) is 54.0 Å². The summed E-state index contributed by atoms with van der Waals surface area (Å²) in [6.07, 6.45) is 3.09. The van der Waals surface area contributed by atoms with E-state index in [1.807, 2.05) is 31.2 Å². The first-order valence-corrected chi connectivity index (χ1v) is 10.8. The number of aliphatic hydroxyl groups is 1. The highest BCUT2D eigenvalue weighted by molar-refractivity contribution is 7.84. The highest BCUT2D eigenvalue weighted by Gasteiger charge is 2.40. The fourth-order valence-corrected chi connectivity index (χ4v) is 3.96. The Hall–Kier alpha value is -2.07. The molecular weight excluding hydrogens is 380 g/mol. The Labute approximate surface area is 165 Å². The molecule has 0 radical (unpaired) electrons. The molecule has 0 amide bonds. The van der Waals surface area contributed by atoms with Crippen LogP contribution in [0.3, 0.4) is 0 Å². The third-order valence-electron chi connectivity index (χ3n) is 5.27. The van der Waals surface area contributed by atoms with Crippen LogP contribution < -0.4 is 10.5 Å². The van der Waals surface area contributed by atoms with E-state index in [0.29, 0.717) is 12.2 Å². The minimum absolute atomic E-state index is 0.0403. The molecule has 1 aliphatic rings. The zero-order valence-corrected chi connectivity index (χ0v) is 16.5. The van der Waals surface area contributed by atoms with Crippen LogP contribution in [0.5, 0.6) is 0 Å². The second-order valence-electron chi connectivity index (χ2n) is 7.25. The van der Waals surface area contributed by atoms with Crippen molar-refractivity contribution in [2.75, 3.05) is 11.9 Å². The zero-order valence-electron chi connectivity index (χ0n) is 15.7. The molecule has 9 heteroatoms. The van der Waals surface area contributed by atoms with Crippen molar-refractivity contribution in [1.82, 2.24) is 9.97 Å². The normalized spacial score (nSPS) is 25.0. The Balaban J connectivity index is 1.58. The van der Waals surface area contributed by atoms with Gasteiger partial charge in [0.05, 0.1) is 18.8 Å². The summed E-state index contributed by atoms with van der Waals surface area (Å²) in [4.78, 5) is 8.57. The standard InChI is InChI=1S/C19H26N4O4S/c1-13-15(11-27-28(20,25)26)9-17(19(13)24)23-18-10-16(21-12-22-18)8-7-14-5-3-2-4-6-14/h2-6,10,12-13,15,17,19,24H,7-9,11H2,1H3,(H2,20,25,26)(H,21,22,23)/t13-,15-,17-,19-/m1/s1. The van der Waals surface area contributed by atoms with E-state index in [-0.39, 0.29) is 24.5 Å². The predicted octanol–water partition coefficient (Wildman–Crippen LogP) is 1.28. The molecule has 1 heterocycles. The van der Waals surface area contributed by atoms with E-state index in [1.165, 1.54) is 11.9 Å². The minimum Gasteiger partial charge on any atom is -0.391 e. The molecule has 4 atom stereocenters. The summed E-state index contributed by atoms with van der Waals surface area (Å²) in [5.74, 6) is 0.395. The van der Waals surface area contributed by atoms with Crippen molar-refractivity contribution in [3.63, 3.8) is 0 Å². The first-order valence-electron chi connectivity index (χ1n) is 9.28. The fraction of sp³-hybridized carbons (Fsp3) is 0.474. The van der Waals surface area contributed by atoms with Gasteiger partial charge in [0.25, 0.3) is 0 Å². The smallest absolute Gasteiger partial charge is 0.333 e. The number of aromatic nitrogens is 2. The Bertz CT molecular complexity index is 879. The van der Waals surface area contributed by atoms with Crippen LogP contribution in [0.15, 0.2) is 42.7 Å². The molecule has 0 saturated heterocycles. The molecular formula is C19H26N4O4S. The van der Waals surface area contributed by atoms with Gasteiger partial charge in [-0.05, 0) is 36.7 Å². The van der Waals surface area contributed by atoms with Crippen molar-refractivity contribution >= 4 is 16.1 Å². The lowest BCUT2D eigenvalue weighted by Crippen LogP contribution is -2.31. The summed E-state index contributed by atoms with van der Waals surface area (Å²) in [5.41, 5.74) is 2.16. The van der Waals surface area contributed by atoms with Crippen LogP contribution in [0.25, 0.3) is 0 Å². The molecule has 0 unspecified atom stereocenters. The van der Waals surface area contributed by atoms with E-state index in [4.69, 9.17) is 9.32 Å². The minimum atomic E-state index is -3.99. The number of anilines is 1. The number of hydrogen-bond donors (Lipinski definition) is 3. The third kappa shape index (κ3) is 5.71. The Kier molecular flexibility index (Phi) is 6.61. The fourth-order valence-electron chi connectivity index (χ4n) is 3.59. The van der Waals surface area contributed by atoms with Gasteiger partial charge in [-0.15, -0.1) is 0 Å². The number of benzene rings is 1. The third-order valence-corrected chi connectivity index (χ3v) is 5.73. The van der Waals surface area contributed by atoms with Gasteiger partial charge in [0.2, 0.25) is 0 Å². The summed E-state index contributed by atoms with van der Waals surface area (Å²) >= 11 is 0. The second kappa shape index (κ2) is 8.95. The van der Waals surface area contributed by atoms with E-state index < -0.39 is 16.4 Å². The summed E-state index contributed by atoms with van der Waals surface area (Å²) in [5, 5.41) is 18.6. The van der Waals surface area contributed by atoms with Crippen LogP contribution in [0, 0.1) is 11.8 Å². The highest BCUT2D eigenvalue weighted by atomic mass is 32.2. The SMILES string of the molecule is C[C@@H]1[C@@H](COS(N)(=O)=O)C[C@@H](Nc2cc(CCc3ccccc3)ncn2)[C@@H]1O. The predicted molar refractivity (Wildman–Crippen MR) is 106 cm³/mol. The molecule has 8 nitrogen and oxygen atoms in total. The first kappa shape index (κ1) is 20.7. The van der Waals surface area contributed by atoms with Crippen molar-refractivity contribution in [2.45, 2.75) is 38.3 Å². The van der Waals surface area contributed by atoms with Gasteiger partial charge in [-0.2, -0.15) is 8.42 Å². The highest BCUT2D eigenvalue weighted by Crippen LogP contribution is 2.34. The average molecular weight is 407 g/mol. The maximum absolute atomic E-state index is 11.0. The number of nitrogens with one attached hydrogen (secondary N) is 1. The second-order valence-corrected chi connectivity index (χ2v) is 8.48. The molecule has 1 fully saturated rings. The molecule has 1 saturated carbocycles. The van der Waals surface area contributed by atoms with Crippen LogP contribution in [-0.4, -0.2) is 42.2 Å². The monoisotopic (exact) mass is 406 g/mol. The quantitative estimate of drug-likeness (QED) is 0.602. The topological polar surface area (TPSA) is 127 Å². The largest absolute Gasteiger partial charge is 0.391 e. The van der Waals surface area contributed by atoms with Crippen LogP contribution in [-0.2, 0) is 27.3 Å². The van der Waals surface area contributed by atoms with Crippen LogP contribution in [0.4, 0.5) is 5.82 Å². The van der Waals surface area contributed by atoms with E-state index in [2.05, 4.69) is 27.4 Å². The first-order chi connectivity index (χ1) is 13.3. The van der Waals surface area contributed by atoms with Gasteiger partial charge in [0.15, 0.2) is 0 Å². The van der Waals surface area contributed by atoms with Gasteiger partial charge in [-0.25, -0.2) is 15.1 Å². The molecule has 0 aliphatic heterocycles. The number of nitrogens with zero attached hydrogens (tertiary/aromatic N) is 2.